The molecule has 0 bridgehead atoms. The van der Waals surface area contributed by atoms with Crippen molar-refractivity contribution in [2.75, 3.05) is 13.1 Å². The van der Waals surface area contributed by atoms with Crippen molar-refractivity contribution in [3.05, 3.63) is 0 Å². The molecule has 0 saturated carbocycles. The number of hydrogen-bond acceptors (Lipinski definition) is 4. The normalized spacial score (nSPS) is 32.1. The van der Waals surface area contributed by atoms with Gasteiger partial charge in [0.1, 0.15) is 11.6 Å². The highest BCUT2D eigenvalue weighted by Gasteiger charge is 2.47. The fourth-order valence-electron chi connectivity index (χ4n) is 2.60. The van der Waals surface area contributed by atoms with Crippen LogP contribution in [-0.2, 0) is 4.74 Å². The van der Waals surface area contributed by atoms with E-state index in [1.54, 1.807) is 4.90 Å². The molecular formula is C12H19N3O2. The number of likely N-dealkylation sites (tertiary alicyclic amines) is 1. The Labute approximate surface area is 102 Å². The van der Waals surface area contributed by atoms with Crippen LogP contribution in [0.3, 0.4) is 0 Å². The van der Waals surface area contributed by atoms with Crippen LogP contribution >= 0.6 is 0 Å². The van der Waals surface area contributed by atoms with Crippen LogP contribution in [0.1, 0.15) is 27.2 Å². The van der Waals surface area contributed by atoms with Crippen molar-refractivity contribution in [3.8, 4) is 6.07 Å². The molecule has 1 amide bonds. The highest BCUT2D eigenvalue weighted by molar-refractivity contribution is 5.70. The molecule has 0 aromatic heterocycles. The van der Waals surface area contributed by atoms with E-state index in [0.29, 0.717) is 6.54 Å². The van der Waals surface area contributed by atoms with Gasteiger partial charge >= 0.3 is 6.09 Å². The minimum absolute atomic E-state index is 0.257. The minimum Gasteiger partial charge on any atom is -0.444 e. The van der Waals surface area contributed by atoms with Crippen LogP contribution in [0.2, 0.25) is 0 Å². The Kier molecular flexibility index (Phi) is 3.00. The van der Waals surface area contributed by atoms with Crippen molar-refractivity contribution >= 4 is 6.09 Å². The average molecular weight is 237 g/mol. The molecule has 0 radical (unpaired) electrons. The van der Waals surface area contributed by atoms with Crippen LogP contribution < -0.4 is 5.32 Å². The van der Waals surface area contributed by atoms with Crippen molar-refractivity contribution in [2.24, 2.45) is 5.92 Å². The lowest BCUT2D eigenvalue weighted by atomic mass is 9.98. The Morgan fingerprint density at radius 1 is 1.53 bits per heavy atom. The van der Waals surface area contributed by atoms with Crippen LogP contribution in [0.5, 0.6) is 0 Å². The van der Waals surface area contributed by atoms with Gasteiger partial charge in [-0.25, -0.2) is 4.79 Å². The first-order chi connectivity index (χ1) is 7.92. The fraction of sp³-hybridized carbons (Fsp3) is 0.833. The lowest BCUT2D eigenvalue weighted by Gasteiger charge is -2.27. The predicted octanol–water partition coefficient (Wildman–Crippen LogP) is 1.11. The van der Waals surface area contributed by atoms with E-state index < -0.39 is 5.60 Å². The Morgan fingerprint density at radius 2 is 2.24 bits per heavy atom. The van der Waals surface area contributed by atoms with Gasteiger partial charge in [-0.3, -0.25) is 4.90 Å². The van der Waals surface area contributed by atoms with Gasteiger partial charge in [0.2, 0.25) is 0 Å². The van der Waals surface area contributed by atoms with Gasteiger partial charge in [0.15, 0.2) is 0 Å². The van der Waals surface area contributed by atoms with Crippen LogP contribution in [-0.4, -0.2) is 41.8 Å². The van der Waals surface area contributed by atoms with Gasteiger partial charge in [-0.05, 0) is 33.7 Å². The number of nitriles is 1. The molecule has 17 heavy (non-hydrogen) atoms. The number of amides is 1. The summed E-state index contributed by atoms with van der Waals surface area (Å²) in [7, 11) is 0. The molecule has 2 fully saturated rings. The molecule has 3 atom stereocenters. The van der Waals surface area contributed by atoms with Gasteiger partial charge in [0.05, 0.1) is 6.07 Å². The Hall–Kier alpha value is -1.28. The van der Waals surface area contributed by atoms with E-state index in [1.165, 1.54) is 0 Å². The third-order valence-corrected chi connectivity index (χ3v) is 3.30. The van der Waals surface area contributed by atoms with Crippen molar-refractivity contribution < 1.29 is 9.53 Å². The second kappa shape index (κ2) is 4.19. The molecule has 2 aliphatic heterocycles. The highest BCUT2D eigenvalue weighted by Crippen LogP contribution is 2.31. The summed E-state index contributed by atoms with van der Waals surface area (Å²) in [4.78, 5) is 13.5. The first-order valence-electron chi connectivity index (χ1n) is 6.05. The zero-order valence-corrected chi connectivity index (χ0v) is 10.6. The molecule has 94 valence electrons. The maximum absolute atomic E-state index is 12.0. The van der Waals surface area contributed by atoms with Crippen LogP contribution in [0, 0.1) is 17.2 Å². The van der Waals surface area contributed by atoms with E-state index in [0.717, 1.165) is 13.0 Å². The molecule has 2 rings (SSSR count). The van der Waals surface area contributed by atoms with Gasteiger partial charge in [0.25, 0.3) is 0 Å². The van der Waals surface area contributed by atoms with E-state index in [-0.39, 0.29) is 24.1 Å². The highest BCUT2D eigenvalue weighted by atomic mass is 16.6. The van der Waals surface area contributed by atoms with Crippen LogP contribution in [0.4, 0.5) is 4.79 Å². The molecule has 3 unspecified atom stereocenters. The summed E-state index contributed by atoms with van der Waals surface area (Å²) in [6.07, 6.45) is 0.586. The Morgan fingerprint density at radius 3 is 2.82 bits per heavy atom. The monoisotopic (exact) mass is 237 g/mol. The number of hydrogen-bond donors (Lipinski definition) is 1. The molecule has 0 aromatic rings. The van der Waals surface area contributed by atoms with Gasteiger partial charge < -0.3 is 10.1 Å². The third kappa shape index (κ3) is 2.37. The zero-order chi connectivity index (χ0) is 12.6. The molecule has 2 aliphatic rings. The molecule has 0 aromatic carbocycles. The maximum Gasteiger partial charge on any atom is 0.411 e. The number of fused-ring (bicyclic) bond motifs is 1. The Bertz CT molecular complexity index is 356. The summed E-state index contributed by atoms with van der Waals surface area (Å²) < 4.78 is 5.33. The first-order valence-corrected chi connectivity index (χ1v) is 6.05. The van der Waals surface area contributed by atoms with E-state index in [2.05, 4.69) is 11.4 Å². The second-order valence-electron chi connectivity index (χ2n) is 5.72. The molecule has 2 saturated heterocycles. The van der Waals surface area contributed by atoms with Crippen LogP contribution in [0.15, 0.2) is 0 Å². The van der Waals surface area contributed by atoms with E-state index in [9.17, 15) is 10.1 Å². The topological polar surface area (TPSA) is 65.4 Å². The molecule has 1 N–H and O–H groups in total. The first kappa shape index (κ1) is 12.2. The van der Waals surface area contributed by atoms with Gasteiger partial charge in [-0.2, -0.15) is 5.26 Å². The number of carbonyl (C=O) groups is 1. The number of nitrogens with one attached hydrogen (secondary N) is 1. The number of ether oxygens (including phenoxy) is 1. The smallest absolute Gasteiger partial charge is 0.411 e. The predicted molar refractivity (Wildman–Crippen MR) is 62.2 cm³/mol. The van der Waals surface area contributed by atoms with Crippen molar-refractivity contribution in [2.45, 2.75) is 44.9 Å². The van der Waals surface area contributed by atoms with Gasteiger partial charge in [-0.1, -0.05) is 0 Å². The molecule has 5 nitrogen and oxygen atoms in total. The summed E-state index contributed by atoms with van der Waals surface area (Å²) in [6.45, 7) is 7.03. The summed E-state index contributed by atoms with van der Waals surface area (Å²) in [6, 6.07) is 2.15. The van der Waals surface area contributed by atoms with Gasteiger partial charge in [-0.15, -0.1) is 0 Å². The number of rotatable bonds is 0. The minimum atomic E-state index is -0.512. The molecule has 0 aliphatic carbocycles. The van der Waals surface area contributed by atoms with Crippen molar-refractivity contribution in [3.63, 3.8) is 0 Å². The summed E-state index contributed by atoms with van der Waals surface area (Å²) in [5.41, 5.74) is -0.512. The maximum atomic E-state index is 12.0. The summed E-state index contributed by atoms with van der Waals surface area (Å²) in [5, 5.41) is 12.5. The Balaban J connectivity index is 2.07. The standard InChI is InChI=1S/C12H19N3O2/c1-12(2,3)17-11(16)15-7-9-8(4-5-14-9)10(15)6-13/h8-10,14H,4-5,7H2,1-3H3. The quantitative estimate of drug-likeness (QED) is 0.685. The lowest BCUT2D eigenvalue weighted by Crippen LogP contribution is -2.41. The van der Waals surface area contributed by atoms with Crippen molar-refractivity contribution in [1.29, 1.82) is 5.26 Å². The zero-order valence-electron chi connectivity index (χ0n) is 10.6. The third-order valence-electron chi connectivity index (χ3n) is 3.30. The SMILES string of the molecule is CC(C)(C)OC(=O)N1CC2NCCC2C1C#N. The molecule has 0 spiro atoms. The van der Waals surface area contributed by atoms with Crippen LogP contribution in [0.25, 0.3) is 0 Å². The van der Waals surface area contributed by atoms with E-state index in [4.69, 9.17) is 4.74 Å². The molecule has 2 heterocycles. The van der Waals surface area contributed by atoms with Crippen molar-refractivity contribution in [1.82, 2.24) is 10.2 Å². The lowest BCUT2D eigenvalue weighted by molar-refractivity contribution is 0.0242. The molecular weight excluding hydrogens is 218 g/mol. The van der Waals surface area contributed by atoms with E-state index >= 15 is 0 Å². The second-order valence-corrected chi connectivity index (χ2v) is 5.72. The largest absolute Gasteiger partial charge is 0.444 e. The fourth-order valence-corrected chi connectivity index (χ4v) is 2.60. The average Bonchev–Trinajstić information content (AvgIpc) is 2.72. The summed E-state index contributed by atoms with van der Waals surface area (Å²) >= 11 is 0. The number of carbonyl (C=O) groups excluding carboxylic acids is 1. The molecule has 5 heteroatoms. The van der Waals surface area contributed by atoms with Gasteiger partial charge in [0, 0.05) is 18.5 Å². The van der Waals surface area contributed by atoms with E-state index in [1.807, 2.05) is 20.8 Å². The number of nitrogens with zero attached hydrogens (tertiary/aromatic N) is 2. The summed E-state index contributed by atoms with van der Waals surface area (Å²) in [5.74, 6) is 0.257.